The highest BCUT2D eigenvalue weighted by Gasteiger charge is 2.32. The van der Waals surface area contributed by atoms with Gasteiger partial charge < -0.3 is 20.8 Å². The maximum absolute atomic E-state index is 13.1. The third kappa shape index (κ3) is 4.17. The van der Waals surface area contributed by atoms with E-state index in [0.29, 0.717) is 43.2 Å². The molecule has 9 heteroatoms. The molecule has 158 valence electrons. The molecule has 4 rings (SSSR count). The Morgan fingerprint density at radius 3 is 2.66 bits per heavy atom. The Hall–Kier alpha value is -1.96. The number of carbonyl (C=O) groups excluding carboxylic acids is 1. The number of H-pyrrole nitrogens is 1. The molecule has 2 aliphatic rings. The molecule has 2 aromatic rings. The van der Waals surface area contributed by atoms with Crippen molar-refractivity contribution in [2.45, 2.75) is 38.6 Å². The largest absolute Gasteiger partial charge is 0.507 e. The third-order valence-electron chi connectivity index (χ3n) is 6.09. The fourth-order valence-electron chi connectivity index (χ4n) is 4.35. The van der Waals surface area contributed by atoms with Gasteiger partial charge in [0.2, 0.25) is 5.91 Å². The van der Waals surface area contributed by atoms with Crippen molar-refractivity contribution in [3.8, 4) is 22.8 Å². The summed E-state index contributed by atoms with van der Waals surface area (Å²) in [6.45, 7) is 1.81. The van der Waals surface area contributed by atoms with Crippen molar-refractivity contribution in [1.82, 2.24) is 15.1 Å². The molecule has 1 aliphatic heterocycles. The number of aromatic hydroxyl groups is 2. The topological polar surface area (TPSA) is 115 Å². The quantitative estimate of drug-likeness (QED) is 0.584. The Balaban J connectivity index is 0.00000240. The maximum atomic E-state index is 13.1. The summed E-state index contributed by atoms with van der Waals surface area (Å²) in [6, 6.07) is 2.71. The second-order valence-electron chi connectivity index (χ2n) is 7.81. The molecule has 0 spiro atoms. The summed E-state index contributed by atoms with van der Waals surface area (Å²) in [6.07, 6.45) is 4.53. The van der Waals surface area contributed by atoms with Gasteiger partial charge in [0.1, 0.15) is 17.2 Å². The van der Waals surface area contributed by atoms with Gasteiger partial charge in [0.25, 0.3) is 0 Å². The standard InChI is InChI=1S/C20H25ClN4O3.ClH/c21-15-7-13(17(26)8-18(15)27)19-14-10-25(6-5-16(14)23-24-19)20(28)12-3-1-11(9-22)2-4-12;/h7-8,11-12,26-27H,1-6,9-10,22H2,(H,23,24);1H/t11-,12-;. The number of hydrogen-bond donors (Lipinski definition) is 4. The minimum Gasteiger partial charge on any atom is -0.507 e. The van der Waals surface area contributed by atoms with Gasteiger partial charge >= 0.3 is 0 Å². The molecule has 0 saturated heterocycles. The summed E-state index contributed by atoms with van der Waals surface area (Å²) >= 11 is 6.02. The van der Waals surface area contributed by atoms with Crippen LogP contribution in [0.1, 0.15) is 36.9 Å². The number of hydrogen-bond acceptors (Lipinski definition) is 5. The lowest BCUT2D eigenvalue weighted by molar-refractivity contribution is -0.137. The molecular weight excluding hydrogens is 415 g/mol. The van der Waals surface area contributed by atoms with Crippen LogP contribution in [0.3, 0.4) is 0 Å². The first-order valence-electron chi connectivity index (χ1n) is 9.74. The maximum Gasteiger partial charge on any atom is 0.225 e. The minimum atomic E-state index is -0.183. The Morgan fingerprint density at radius 1 is 1.24 bits per heavy atom. The van der Waals surface area contributed by atoms with Gasteiger partial charge in [-0.15, -0.1) is 12.4 Å². The Morgan fingerprint density at radius 2 is 1.97 bits per heavy atom. The zero-order valence-electron chi connectivity index (χ0n) is 16.0. The second kappa shape index (κ2) is 8.81. The Kier molecular flexibility index (Phi) is 6.61. The van der Waals surface area contributed by atoms with Crippen LogP contribution < -0.4 is 5.73 Å². The highest BCUT2D eigenvalue weighted by molar-refractivity contribution is 6.32. The van der Waals surface area contributed by atoms with Crippen LogP contribution in [-0.4, -0.2) is 44.3 Å². The zero-order chi connectivity index (χ0) is 19.8. The minimum absolute atomic E-state index is 0. The van der Waals surface area contributed by atoms with Crippen LogP contribution in [0, 0.1) is 11.8 Å². The summed E-state index contributed by atoms with van der Waals surface area (Å²) in [4.78, 5) is 15.0. The van der Waals surface area contributed by atoms with Crippen LogP contribution in [0.25, 0.3) is 11.3 Å². The van der Waals surface area contributed by atoms with Crippen LogP contribution in [0.5, 0.6) is 11.5 Å². The monoisotopic (exact) mass is 440 g/mol. The fraction of sp³-hybridized carbons (Fsp3) is 0.500. The van der Waals surface area contributed by atoms with E-state index in [1.165, 1.54) is 12.1 Å². The first-order valence-corrected chi connectivity index (χ1v) is 10.1. The lowest BCUT2D eigenvalue weighted by Gasteiger charge is -2.33. The van der Waals surface area contributed by atoms with E-state index < -0.39 is 0 Å². The van der Waals surface area contributed by atoms with Crippen LogP contribution >= 0.6 is 24.0 Å². The van der Waals surface area contributed by atoms with E-state index >= 15 is 0 Å². The van der Waals surface area contributed by atoms with E-state index in [1.807, 2.05) is 4.90 Å². The van der Waals surface area contributed by atoms with Crippen LogP contribution in [0.15, 0.2) is 12.1 Å². The number of nitrogens with one attached hydrogen (secondary N) is 1. The predicted octanol–water partition coefficient (Wildman–Crippen LogP) is 3.21. The number of amides is 1. The van der Waals surface area contributed by atoms with E-state index in [-0.39, 0.29) is 40.8 Å². The molecular formula is C20H26Cl2N4O3. The molecule has 0 bridgehead atoms. The summed E-state index contributed by atoms with van der Waals surface area (Å²) in [5, 5.41) is 27.4. The number of aromatic amines is 1. The Bertz CT molecular complexity index is 894. The van der Waals surface area contributed by atoms with Gasteiger partial charge in [-0.25, -0.2) is 0 Å². The summed E-state index contributed by atoms with van der Waals surface area (Å²) < 4.78 is 0. The highest BCUT2D eigenvalue weighted by atomic mass is 35.5. The molecule has 5 N–H and O–H groups in total. The number of aromatic nitrogens is 2. The summed E-state index contributed by atoms with van der Waals surface area (Å²) in [5.74, 6) is 0.522. The van der Waals surface area contributed by atoms with Gasteiger partial charge in [-0.2, -0.15) is 5.10 Å². The SMILES string of the molecule is Cl.NC[C@H]1CC[C@H](C(=O)N2CCc3[nH]nc(-c4cc(Cl)c(O)cc4O)c3C2)CC1. The first kappa shape index (κ1) is 21.7. The molecule has 0 atom stereocenters. The van der Waals surface area contributed by atoms with Crippen molar-refractivity contribution in [1.29, 1.82) is 0 Å². The smallest absolute Gasteiger partial charge is 0.225 e. The van der Waals surface area contributed by atoms with E-state index in [0.717, 1.165) is 36.9 Å². The normalized spacial score (nSPS) is 21.4. The van der Waals surface area contributed by atoms with Crippen LogP contribution in [0.2, 0.25) is 5.02 Å². The number of phenols is 2. The Labute approximate surface area is 180 Å². The van der Waals surface area contributed by atoms with E-state index in [9.17, 15) is 15.0 Å². The van der Waals surface area contributed by atoms with Gasteiger partial charge in [0.15, 0.2) is 0 Å². The van der Waals surface area contributed by atoms with Gasteiger partial charge in [-0.1, -0.05) is 11.6 Å². The highest BCUT2D eigenvalue weighted by Crippen LogP contribution is 2.40. The zero-order valence-corrected chi connectivity index (χ0v) is 17.6. The molecule has 0 unspecified atom stereocenters. The number of benzene rings is 1. The van der Waals surface area contributed by atoms with E-state index in [2.05, 4.69) is 10.2 Å². The molecule has 1 aromatic carbocycles. The number of halogens is 2. The fourth-order valence-corrected chi connectivity index (χ4v) is 4.51. The average Bonchev–Trinajstić information content (AvgIpc) is 3.13. The molecule has 1 aromatic heterocycles. The van der Waals surface area contributed by atoms with Crippen molar-refractivity contribution in [3.05, 3.63) is 28.4 Å². The molecule has 0 radical (unpaired) electrons. The second-order valence-corrected chi connectivity index (χ2v) is 8.22. The third-order valence-corrected chi connectivity index (χ3v) is 6.40. The molecule has 1 aliphatic carbocycles. The predicted molar refractivity (Wildman–Crippen MR) is 113 cm³/mol. The molecule has 7 nitrogen and oxygen atoms in total. The number of phenolic OH excluding ortho intramolecular Hbond substituents is 2. The number of fused-ring (bicyclic) bond motifs is 1. The van der Waals surface area contributed by atoms with Gasteiger partial charge in [0.05, 0.1) is 5.02 Å². The van der Waals surface area contributed by atoms with Gasteiger partial charge in [-0.3, -0.25) is 9.89 Å². The van der Waals surface area contributed by atoms with Crippen molar-refractivity contribution >= 4 is 29.9 Å². The van der Waals surface area contributed by atoms with Crippen molar-refractivity contribution in [3.63, 3.8) is 0 Å². The molecule has 1 fully saturated rings. The van der Waals surface area contributed by atoms with Gasteiger partial charge in [0, 0.05) is 48.3 Å². The first-order chi connectivity index (χ1) is 13.5. The lowest BCUT2D eigenvalue weighted by Crippen LogP contribution is -2.41. The molecule has 1 saturated carbocycles. The number of nitrogens with zero attached hydrogens (tertiary/aromatic N) is 2. The molecule has 2 heterocycles. The van der Waals surface area contributed by atoms with Crippen molar-refractivity contribution in [2.75, 3.05) is 13.1 Å². The van der Waals surface area contributed by atoms with Crippen LogP contribution in [-0.2, 0) is 17.8 Å². The van der Waals surface area contributed by atoms with Crippen LogP contribution in [0.4, 0.5) is 0 Å². The van der Waals surface area contributed by atoms with E-state index in [4.69, 9.17) is 17.3 Å². The number of carbonyl (C=O) groups is 1. The summed E-state index contributed by atoms with van der Waals surface area (Å²) in [5.41, 5.74) is 8.64. The average molecular weight is 441 g/mol. The number of nitrogens with two attached hydrogens (primary N) is 1. The summed E-state index contributed by atoms with van der Waals surface area (Å²) in [7, 11) is 0. The van der Waals surface area contributed by atoms with Crippen molar-refractivity contribution in [2.24, 2.45) is 17.6 Å². The molecule has 1 amide bonds. The molecule has 29 heavy (non-hydrogen) atoms. The van der Waals surface area contributed by atoms with E-state index in [1.54, 1.807) is 0 Å². The lowest BCUT2D eigenvalue weighted by atomic mass is 9.81. The van der Waals surface area contributed by atoms with Crippen molar-refractivity contribution < 1.29 is 15.0 Å². The number of rotatable bonds is 3. The van der Waals surface area contributed by atoms with Gasteiger partial charge in [-0.05, 0) is 44.2 Å².